The van der Waals surface area contributed by atoms with Gasteiger partial charge in [-0.05, 0) is 53.9 Å². The van der Waals surface area contributed by atoms with E-state index in [4.69, 9.17) is 5.26 Å². The van der Waals surface area contributed by atoms with Crippen molar-refractivity contribution in [1.82, 2.24) is 0 Å². The summed E-state index contributed by atoms with van der Waals surface area (Å²) >= 11 is 1.66. The summed E-state index contributed by atoms with van der Waals surface area (Å²) in [5.74, 6) is -0.383. The van der Waals surface area contributed by atoms with Gasteiger partial charge < -0.3 is 5.32 Å². The van der Waals surface area contributed by atoms with E-state index in [0.717, 1.165) is 6.42 Å². The third kappa shape index (κ3) is 3.08. The lowest BCUT2D eigenvalue weighted by Crippen LogP contribution is -2.18. The molecule has 1 N–H and O–H groups in total. The molecule has 1 atom stereocenters. The summed E-state index contributed by atoms with van der Waals surface area (Å²) in [6, 6.07) is 8.60. The Balaban J connectivity index is 2.03. The number of benzene rings is 1. The summed E-state index contributed by atoms with van der Waals surface area (Å²) in [4.78, 5) is 0. The summed E-state index contributed by atoms with van der Waals surface area (Å²) in [5, 5.41) is 15.9. The van der Waals surface area contributed by atoms with E-state index in [0.29, 0.717) is 11.3 Å². The molecule has 0 bridgehead atoms. The second-order valence-electron chi connectivity index (χ2n) is 4.19. The topological polar surface area (TPSA) is 35.8 Å². The summed E-state index contributed by atoms with van der Waals surface area (Å²) in [5.41, 5.74) is 2.02. The molecule has 1 aromatic carbocycles. The van der Waals surface area contributed by atoms with E-state index in [2.05, 4.69) is 16.8 Å². The van der Waals surface area contributed by atoms with Gasteiger partial charge in [0.15, 0.2) is 0 Å². The molecular weight excluding hydrogens is 247 g/mol. The number of rotatable bonds is 4. The Morgan fingerprint density at radius 1 is 1.44 bits per heavy atom. The number of nitrogens with zero attached hydrogens (tertiary/aromatic N) is 1. The summed E-state index contributed by atoms with van der Waals surface area (Å²) in [6.45, 7) is 2.01. The van der Waals surface area contributed by atoms with E-state index >= 15 is 0 Å². The minimum Gasteiger partial charge on any atom is -0.380 e. The highest BCUT2D eigenvalue weighted by Gasteiger charge is 2.08. The second kappa shape index (κ2) is 5.65. The molecule has 0 amide bonds. The number of hydrogen-bond donors (Lipinski definition) is 1. The number of nitriles is 1. The average Bonchev–Trinajstić information content (AvgIpc) is 2.84. The molecule has 2 nitrogen and oxygen atoms in total. The van der Waals surface area contributed by atoms with Crippen molar-refractivity contribution in [2.75, 3.05) is 5.32 Å². The van der Waals surface area contributed by atoms with Gasteiger partial charge in [0.2, 0.25) is 0 Å². The van der Waals surface area contributed by atoms with E-state index in [1.807, 2.05) is 18.4 Å². The molecule has 0 saturated carbocycles. The molecule has 0 aliphatic heterocycles. The fourth-order valence-corrected chi connectivity index (χ4v) is 2.46. The third-order valence-corrected chi connectivity index (χ3v) is 3.35. The Morgan fingerprint density at radius 2 is 2.28 bits per heavy atom. The van der Waals surface area contributed by atoms with E-state index in [1.165, 1.54) is 11.6 Å². The van der Waals surface area contributed by atoms with Gasteiger partial charge in [0.25, 0.3) is 0 Å². The SMILES string of the molecule is CC(Cc1ccsc1)Nc1ccc(C#N)cc1F. The predicted octanol–water partition coefficient (Wildman–Crippen LogP) is 3.80. The van der Waals surface area contributed by atoms with Gasteiger partial charge in [0.1, 0.15) is 5.82 Å². The first-order valence-electron chi connectivity index (χ1n) is 5.66. The predicted molar refractivity (Wildman–Crippen MR) is 72.2 cm³/mol. The molecule has 1 unspecified atom stereocenters. The monoisotopic (exact) mass is 260 g/mol. The molecule has 1 heterocycles. The maximum atomic E-state index is 13.7. The molecule has 1 aromatic heterocycles. The van der Waals surface area contributed by atoms with Crippen molar-refractivity contribution in [2.24, 2.45) is 0 Å². The first-order valence-corrected chi connectivity index (χ1v) is 6.60. The highest BCUT2D eigenvalue weighted by molar-refractivity contribution is 7.07. The van der Waals surface area contributed by atoms with Crippen LogP contribution in [0.3, 0.4) is 0 Å². The van der Waals surface area contributed by atoms with Crippen molar-refractivity contribution in [2.45, 2.75) is 19.4 Å². The zero-order chi connectivity index (χ0) is 13.0. The molecular formula is C14H13FN2S. The lowest BCUT2D eigenvalue weighted by Gasteiger charge is -2.15. The van der Waals surface area contributed by atoms with Crippen molar-refractivity contribution in [3.8, 4) is 6.07 Å². The van der Waals surface area contributed by atoms with Crippen LogP contribution in [0.4, 0.5) is 10.1 Å². The largest absolute Gasteiger partial charge is 0.380 e. The highest BCUT2D eigenvalue weighted by Crippen LogP contribution is 2.18. The van der Waals surface area contributed by atoms with Gasteiger partial charge in [-0.1, -0.05) is 0 Å². The smallest absolute Gasteiger partial charge is 0.147 e. The lowest BCUT2D eigenvalue weighted by molar-refractivity contribution is 0.625. The van der Waals surface area contributed by atoms with Crippen LogP contribution in [0.15, 0.2) is 35.0 Å². The van der Waals surface area contributed by atoms with Crippen LogP contribution in [0.1, 0.15) is 18.1 Å². The molecule has 0 radical (unpaired) electrons. The number of hydrogen-bond acceptors (Lipinski definition) is 3. The molecule has 0 aliphatic carbocycles. The molecule has 0 spiro atoms. The number of nitrogens with one attached hydrogen (secondary N) is 1. The third-order valence-electron chi connectivity index (χ3n) is 2.62. The minimum absolute atomic E-state index is 0.141. The molecule has 0 fully saturated rings. The Morgan fingerprint density at radius 3 is 2.89 bits per heavy atom. The van der Waals surface area contributed by atoms with Crippen LogP contribution >= 0.6 is 11.3 Å². The van der Waals surface area contributed by atoms with Gasteiger partial charge in [-0.2, -0.15) is 16.6 Å². The van der Waals surface area contributed by atoms with Crippen molar-refractivity contribution >= 4 is 17.0 Å². The maximum Gasteiger partial charge on any atom is 0.147 e. The summed E-state index contributed by atoms with van der Waals surface area (Å²) < 4.78 is 13.7. The van der Waals surface area contributed by atoms with Crippen molar-refractivity contribution in [1.29, 1.82) is 5.26 Å². The Labute approximate surface area is 110 Å². The van der Waals surface area contributed by atoms with E-state index in [1.54, 1.807) is 23.5 Å². The molecule has 18 heavy (non-hydrogen) atoms. The number of anilines is 1. The molecule has 2 aromatic rings. The van der Waals surface area contributed by atoms with E-state index in [9.17, 15) is 4.39 Å². The standard InChI is InChI=1S/C14H13FN2S/c1-10(6-12-4-5-18-9-12)17-14-3-2-11(8-16)7-13(14)15/h2-5,7,9-10,17H,6H2,1H3. The van der Waals surface area contributed by atoms with Crippen LogP contribution in [-0.2, 0) is 6.42 Å². The van der Waals surface area contributed by atoms with E-state index in [-0.39, 0.29) is 11.9 Å². The average molecular weight is 260 g/mol. The fraction of sp³-hybridized carbons (Fsp3) is 0.214. The zero-order valence-corrected chi connectivity index (χ0v) is 10.8. The first kappa shape index (κ1) is 12.6. The highest BCUT2D eigenvalue weighted by atomic mass is 32.1. The van der Waals surface area contributed by atoms with Crippen LogP contribution < -0.4 is 5.32 Å². The maximum absolute atomic E-state index is 13.7. The molecule has 2 rings (SSSR count). The van der Waals surface area contributed by atoms with Crippen LogP contribution in [0.2, 0.25) is 0 Å². The quantitative estimate of drug-likeness (QED) is 0.907. The molecule has 4 heteroatoms. The van der Waals surface area contributed by atoms with E-state index < -0.39 is 0 Å². The lowest BCUT2D eigenvalue weighted by atomic mass is 10.1. The van der Waals surface area contributed by atoms with Crippen LogP contribution in [-0.4, -0.2) is 6.04 Å². The summed E-state index contributed by atoms with van der Waals surface area (Å²) in [7, 11) is 0. The Hall–Kier alpha value is -1.86. The van der Waals surface area contributed by atoms with Gasteiger partial charge in [0, 0.05) is 6.04 Å². The first-order chi connectivity index (χ1) is 8.69. The van der Waals surface area contributed by atoms with Gasteiger partial charge in [-0.15, -0.1) is 0 Å². The van der Waals surface area contributed by atoms with Crippen molar-refractivity contribution < 1.29 is 4.39 Å². The zero-order valence-electron chi connectivity index (χ0n) is 9.98. The van der Waals surface area contributed by atoms with Gasteiger partial charge in [-0.3, -0.25) is 0 Å². The number of halogens is 1. The molecule has 92 valence electrons. The van der Waals surface area contributed by atoms with Crippen molar-refractivity contribution in [3.63, 3.8) is 0 Å². The Bertz CT molecular complexity index is 558. The summed E-state index contributed by atoms with van der Waals surface area (Å²) in [6.07, 6.45) is 0.850. The van der Waals surface area contributed by atoms with Crippen LogP contribution in [0, 0.1) is 17.1 Å². The van der Waals surface area contributed by atoms with Crippen LogP contribution in [0.5, 0.6) is 0 Å². The fourth-order valence-electron chi connectivity index (χ4n) is 1.78. The molecule has 0 aliphatic rings. The van der Waals surface area contributed by atoms with Gasteiger partial charge in [-0.25, -0.2) is 4.39 Å². The Kier molecular flexibility index (Phi) is 3.96. The number of thiophene rings is 1. The van der Waals surface area contributed by atoms with Gasteiger partial charge in [0.05, 0.1) is 17.3 Å². The van der Waals surface area contributed by atoms with Crippen molar-refractivity contribution in [3.05, 3.63) is 52.0 Å². The van der Waals surface area contributed by atoms with Gasteiger partial charge >= 0.3 is 0 Å². The minimum atomic E-state index is -0.383. The van der Waals surface area contributed by atoms with Crippen LogP contribution in [0.25, 0.3) is 0 Å². The second-order valence-corrected chi connectivity index (χ2v) is 4.97. The molecule has 0 saturated heterocycles. The normalized spacial score (nSPS) is 11.8.